The number of hydrogen-bond donors (Lipinski definition) is 1. The monoisotopic (exact) mass is 244 g/mol. The molecule has 0 aromatic heterocycles. The van der Waals surface area contributed by atoms with Crippen molar-refractivity contribution in [1.82, 2.24) is 10.2 Å². The summed E-state index contributed by atoms with van der Waals surface area (Å²) in [6.45, 7) is 2.86. The van der Waals surface area contributed by atoms with Crippen LogP contribution in [-0.2, 0) is 4.79 Å². The Labute approximate surface area is 91.8 Å². The Bertz CT molecular complexity index is 220. The van der Waals surface area contributed by atoms with Crippen molar-refractivity contribution in [2.45, 2.75) is 26.2 Å². The van der Waals surface area contributed by atoms with Crippen molar-refractivity contribution in [1.29, 1.82) is 0 Å². The van der Waals surface area contributed by atoms with E-state index in [9.17, 15) is 22.4 Å². The van der Waals surface area contributed by atoms with E-state index in [2.05, 4.69) is 0 Å². The maximum atomic E-state index is 12.4. The van der Waals surface area contributed by atoms with Crippen molar-refractivity contribution in [2.24, 2.45) is 0 Å². The van der Waals surface area contributed by atoms with Crippen LogP contribution >= 0.6 is 0 Å². The summed E-state index contributed by atoms with van der Waals surface area (Å²) in [4.78, 5) is 12.7. The van der Waals surface area contributed by atoms with E-state index >= 15 is 0 Å². The standard InChI is InChI=1S/C9H16F4N2O/c1-3-15(4-2)7(16)5-14-6-9(12,13)8(10)11/h8,14H,3-6H2,1-2H3. The number of rotatable bonds is 7. The Hall–Kier alpha value is -0.850. The number of hydrogen-bond acceptors (Lipinski definition) is 2. The highest BCUT2D eigenvalue weighted by Gasteiger charge is 2.40. The zero-order valence-corrected chi connectivity index (χ0v) is 9.27. The van der Waals surface area contributed by atoms with E-state index in [0.717, 1.165) is 0 Å². The van der Waals surface area contributed by atoms with Crippen LogP contribution in [0.1, 0.15) is 13.8 Å². The van der Waals surface area contributed by atoms with Crippen LogP contribution in [0.2, 0.25) is 0 Å². The highest BCUT2D eigenvalue weighted by molar-refractivity contribution is 5.78. The molecule has 0 aromatic carbocycles. The van der Waals surface area contributed by atoms with Crippen LogP contribution in [0.5, 0.6) is 0 Å². The Kier molecular flexibility index (Phi) is 6.32. The molecule has 1 amide bonds. The van der Waals surface area contributed by atoms with Gasteiger partial charge in [-0.15, -0.1) is 0 Å². The Morgan fingerprint density at radius 2 is 1.81 bits per heavy atom. The molecule has 0 heterocycles. The maximum absolute atomic E-state index is 12.4. The minimum atomic E-state index is -4.09. The number of nitrogens with one attached hydrogen (secondary N) is 1. The molecule has 0 fully saturated rings. The first kappa shape index (κ1) is 15.2. The first-order valence-corrected chi connectivity index (χ1v) is 4.99. The number of alkyl halides is 4. The molecule has 1 N–H and O–H groups in total. The smallest absolute Gasteiger partial charge is 0.319 e. The van der Waals surface area contributed by atoms with Gasteiger partial charge in [-0.3, -0.25) is 4.79 Å². The fraction of sp³-hybridized carbons (Fsp3) is 0.889. The van der Waals surface area contributed by atoms with E-state index in [1.54, 1.807) is 13.8 Å². The fourth-order valence-corrected chi connectivity index (χ4v) is 1.10. The number of amides is 1. The molecule has 0 rings (SSSR count). The molecule has 0 saturated heterocycles. The highest BCUT2D eigenvalue weighted by atomic mass is 19.3. The van der Waals surface area contributed by atoms with Crippen LogP contribution in [0, 0.1) is 0 Å². The first-order valence-electron chi connectivity index (χ1n) is 4.99. The number of halogens is 4. The Morgan fingerprint density at radius 1 is 1.31 bits per heavy atom. The van der Waals surface area contributed by atoms with Gasteiger partial charge in [-0.05, 0) is 13.8 Å². The number of carbonyl (C=O) groups is 1. The lowest BCUT2D eigenvalue weighted by atomic mass is 10.3. The second kappa shape index (κ2) is 6.67. The SMILES string of the molecule is CCN(CC)C(=O)CNCC(F)(F)C(F)F. The van der Waals surface area contributed by atoms with E-state index < -0.39 is 18.9 Å². The maximum Gasteiger partial charge on any atom is 0.319 e. The molecule has 96 valence electrons. The summed E-state index contributed by atoms with van der Waals surface area (Å²) in [5.41, 5.74) is 0. The number of nitrogens with zero attached hydrogens (tertiary/aromatic N) is 1. The van der Waals surface area contributed by atoms with Gasteiger partial charge in [0.1, 0.15) is 0 Å². The lowest BCUT2D eigenvalue weighted by Crippen LogP contribution is -2.44. The molecule has 16 heavy (non-hydrogen) atoms. The minimum absolute atomic E-state index is 0.357. The van der Waals surface area contributed by atoms with Gasteiger partial charge in [0, 0.05) is 13.1 Å². The van der Waals surface area contributed by atoms with E-state index in [0.29, 0.717) is 13.1 Å². The third kappa shape index (κ3) is 4.78. The second-order valence-corrected chi connectivity index (χ2v) is 3.23. The minimum Gasteiger partial charge on any atom is -0.342 e. The van der Waals surface area contributed by atoms with Crippen LogP contribution in [0.4, 0.5) is 17.6 Å². The van der Waals surface area contributed by atoms with Gasteiger partial charge in [0.05, 0.1) is 13.1 Å². The number of likely N-dealkylation sites (N-methyl/N-ethyl adjacent to an activating group) is 1. The van der Waals surface area contributed by atoms with Crippen molar-refractivity contribution in [3.8, 4) is 0 Å². The van der Waals surface area contributed by atoms with E-state index in [1.165, 1.54) is 4.90 Å². The van der Waals surface area contributed by atoms with Crippen molar-refractivity contribution in [3.05, 3.63) is 0 Å². The molecule has 0 spiro atoms. The van der Waals surface area contributed by atoms with Crippen LogP contribution in [-0.4, -0.2) is 49.3 Å². The molecular formula is C9H16F4N2O. The third-order valence-electron chi connectivity index (χ3n) is 2.07. The average Bonchev–Trinajstić information content (AvgIpc) is 2.19. The van der Waals surface area contributed by atoms with Gasteiger partial charge < -0.3 is 10.2 Å². The van der Waals surface area contributed by atoms with Crippen molar-refractivity contribution in [2.75, 3.05) is 26.2 Å². The molecule has 0 aliphatic heterocycles. The van der Waals surface area contributed by atoms with Gasteiger partial charge in [-0.1, -0.05) is 0 Å². The molecular weight excluding hydrogens is 228 g/mol. The molecule has 0 aliphatic carbocycles. The van der Waals surface area contributed by atoms with E-state index in [1.807, 2.05) is 5.32 Å². The summed E-state index contributed by atoms with van der Waals surface area (Å²) >= 11 is 0. The number of carbonyl (C=O) groups excluding carboxylic acids is 1. The van der Waals surface area contributed by atoms with E-state index in [-0.39, 0.29) is 12.5 Å². The summed E-state index contributed by atoms with van der Waals surface area (Å²) in [6, 6.07) is 0. The van der Waals surface area contributed by atoms with Gasteiger partial charge >= 0.3 is 12.3 Å². The van der Waals surface area contributed by atoms with Gasteiger partial charge in [0.25, 0.3) is 0 Å². The average molecular weight is 244 g/mol. The molecule has 0 radical (unpaired) electrons. The molecule has 0 aliphatic rings. The largest absolute Gasteiger partial charge is 0.342 e. The fourth-order valence-electron chi connectivity index (χ4n) is 1.10. The van der Waals surface area contributed by atoms with Crippen LogP contribution in [0.25, 0.3) is 0 Å². The second-order valence-electron chi connectivity index (χ2n) is 3.23. The van der Waals surface area contributed by atoms with Crippen LogP contribution in [0.15, 0.2) is 0 Å². The molecule has 3 nitrogen and oxygen atoms in total. The summed E-state index contributed by atoms with van der Waals surface area (Å²) in [6.07, 6.45) is -3.72. The lowest BCUT2D eigenvalue weighted by molar-refractivity contribution is -0.134. The molecule has 0 unspecified atom stereocenters. The Morgan fingerprint density at radius 3 is 2.19 bits per heavy atom. The van der Waals surface area contributed by atoms with Crippen molar-refractivity contribution >= 4 is 5.91 Å². The zero-order valence-electron chi connectivity index (χ0n) is 9.27. The van der Waals surface area contributed by atoms with Gasteiger partial charge in [0.15, 0.2) is 0 Å². The summed E-state index contributed by atoms with van der Waals surface area (Å²) in [7, 11) is 0. The highest BCUT2D eigenvalue weighted by Crippen LogP contribution is 2.21. The summed E-state index contributed by atoms with van der Waals surface area (Å²) < 4.78 is 48.3. The topological polar surface area (TPSA) is 32.3 Å². The van der Waals surface area contributed by atoms with E-state index in [4.69, 9.17) is 0 Å². The van der Waals surface area contributed by atoms with Crippen LogP contribution in [0.3, 0.4) is 0 Å². The normalized spacial score (nSPS) is 11.9. The summed E-state index contributed by atoms with van der Waals surface area (Å²) in [5.74, 6) is -4.47. The lowest BCUT2D eigenvalue weighted by Gasteiger charge is -2.20. The van der Waals surface area contributed by atoms with Gasteiger partial charge in [0.2, 0.25) is 5.91 Å². The molecule has 0 saturated carbocycles. The van der Waals surface area contributed by atoms with Crippen LogP contribution < -0.4 is 5.32 Å². The van der Waals surface area contributed by atoms with Gasteiger partial charge in [-0.25, -0.2) is 8.78 Å². The van der Waals surface area contributed by atoms with Crippen molar-refractivity contribution < 1.29 is 22.4 Å². The molecule has 0 aromatic rings. The summed E-state index contributed by atoms with van der Waals surface area (Å²) in [5, 5.41) is 2.03. The van der Waals surface area contributed by atoms with Crippen molar-refractivity contribution in [3.63, 3.8) is 0 Å². The predicted octanol–water partition coefficient (Wildman–Crippen LogP) is 1.34. The molecule has 7 heteroatoms. The third-order valence-corrected chi connectivity index (χ3v) is 2.07. The van der Waals surface area contributed by atoms with Gasteiger partial charge in [-0.2, -0.15) is 8.78 Å². The first-order chi connectivity index (χ1) is 7.35. The molecule has 0 bridgehead atoms. The predicted molar refractivity (Wildman–Crippen MR) is 51.7 cm³/mol. The quantitative estimate of drug-likeness (QED) is 0.685. The Balaban J connectivity index is 3.94. The molecule has 0 atom stereocenters. The zero-order chi connectivity index (χ0) is 12.8.